The summed E-state index contributed by atoms with van der Waals surface area (Å²) in [6.45, 7) is 3.79. The van der Waals surface area contributed by atoms with Crippen molar-refractivity contribution in [1.82, 2.24) is 0 Å². The Bertz CT molecular complexity index is 956. The standard InChI is InChI=1S/C19H19Cl2N2O4P/c1-3-26-28(25,27-4-2)19(12-8-6-5-7-9-12)23-17-14-10-13(20)11-15(21)16(14)22-18(17)24/h5-11,19H,3-4H2,1-2H3,(H,22,23,24). The molecule has 9 heteroatoms. The lowest BCUT2D eigenvalue weighted by Gasteiger charge is -2.24. The van der Waals surface area contributed by atoms with Crippen LogP contribution in [-0.4, -0.2) is 24.8 Å². The largest absolute Gasteiger partial charge is 0.359 e. The molecule has 2 aromatic rings. The minimum absolute atomic E-state index is 0.0767. The van der Waals surface area contributed by atoms with Gasteiger partial charge in [-0.25, -0.2) is 0 Å². The molecule has 1 N–H and O–H groups in total. The monoisotopic (exact) mass is 440 g/mol. The van der Waals surface area contributed by atoms with Gasteiger partial charge in [0.15, 0.2) is 5.78 Å². The second-order valence-electron chi connectivity index (χ2n) is 5.90. The van der Waals surface area contributed by atoms with E-state index in [-0.39, 0.29) is 18.9 Å². The number of fused-ring (bicyclic) bond motifs is 1. The number of benzene rings is 2. The van der Waals surface area contributed by atoms with Gasteiger partial charge >= 0.3 is 7.60 Å². The van der Waals surface area contributed by atoms with Crippen molar-refractivity contribution in [2.45, 2.75) is 19.6 Å². The lowest BCUT2D eigenvalue weighted by molar-refractivity contribution is -0.110. The van der Waals surface area contributed by atoms with Crippen molar-refractivity contribution in [3.05, 3.63) is 63.6 Å². The van der Waals surface area contributed by atoms with E-state index < -0.39 is 19.3 Å². The second-order valence-corrected chi connectivity index (χ2v) is 8.83. The lowest BCUT2D eigenvalue weighted by atomic mass is 10.1. The Labute approximate surface area is 173 Å². The highest BCUT2D eigenvalue weighted by Gasteiger charge is 2.39. The minimum Gasteiger partial charge on any atom is -0.319 e. The summed E-state index contributed by atoms with van der Waals surface area (Å²) < 4.78 is 24.5. The Morgan fingerprint density at radius 1 is 1.11 bits per heavy atom. The summed E-state index contributed by atoms with van der Waals surface area (Å²) in [6, 6.07) is 12.1. The van der Waals surface area contributed by atoms with E-state index in [0.717, 1.165) is 0 Å². The van der Waals surface area contributed by atoms with Crippen molar-refractivity contribution in [2.24, 2.45) is 4.99 Å². The van der Waals surface area contributed by atoms with E-state index in [4.69, 9.17) is 32.2 Å². The molecule has 2 aromatic carbocycles. The van der Waals surface area contributed by atoms with Crippen molar-refractivity contribution >= 4 is 48.1 Å². The van der Waals surface area contributed by atoms with E-state index in [2.05, 4.69) is 10.3 Å². The number of anilines is 1. The predicted molar refractivity (Wildman–Crippen MR) is 112 cm³/mol. The molecule has 1 unspecified atom stereocenters. The maximum absolute atomic E-state index is 13.5. The van der Waals surface area contributed by atoms with Gasteiger partial charge in [-0.1, -0.05) is 53.5 Å². The number of aliphatic imine (C=N–C) groups is 1. The minimum atomic E-state index is -3.70. The van der Waals surface area contributed by atoms with Crippen LogP contribution < -0.4 is 5.32 Å². The molecule has 1 aliphatic rings. The molecular weight excluding hydrogens is 422 g/mol. The van der Waals surface area contributed by atoms with E-state index in [0.29, 0.717) is 26.9 Å². The lowest BCUT2D eigenvalue weighted by Crippen LogP contribution is -2.17. The Balaban J connectivity index is 2.18. The van der Waals surface area contributed by atoms with Crippen molar-refractivity contribution in [1.29, 1.82) is 0 Å². The number of nitrogens with one attached hydrogen (secondary N) is 1. The first kappa shape index (κ1) is 21.0. The summed E-state index contributed by atoms with van der Waals surface area (Å²) in [5, 5.41) is 3.35. The fourth-order valence-electron chi connectivity index (χ4n) is 2.92. The zero-order valence-electron chi connectivity index (χ0n) is 15.3. The molecule has 0 saturated heterocycles. The fourth-order valence-corrected chi connectivity index (χ4v) is 5.34. The summed E-state index contributed by atoms with van der Waals surface area (Å²) in [5.74, 6) is -1.47. The van der Waals surface area contributed by atoms with Crippen LogP contribution in [-0.2, 0) is 18.4 Å². The van der Waals surface area contributed by atoms with Gasteiger partial charge < -0.3 is 14.4 Å². The van der Waals surface area contributed by atoms with Crippen LogP contribution in [0.1, 0.15) is 30.8 Å². The molecule has 1 heterocycles. The molecule has 148 valence electrons. The molecular formula is C19H19Cl2N2O4P. The van der Waals surface area contributed by atoms with Gasteiger partial charge in [0, 0.05) is 10.6 Å². The number of carbonyl (C=O) groups is 1. The van der Waals surface area contributed by atoms with E-state index in [1.807, 2.05) is 6.07 Å². The normalized spacial score (nSPS) is 16.1. The molecule has 0 saturated carbocycles. The molecule has 1 aliphatic heterocycles. The molecule has 3 rings (SSSR count). The van der Waals surface area contributed by atoms with Gasteiger partial charge in [0.2, 0.25) is 0 Å². The molecule has 0 bridgehead atoms. The molecule has 0 radical (unpaired) electrons. The van der Waals surface area contributed by atoms with Crippen molar-refractivity contribution in [2.75, 3.05) is 18.5 Å². The van der Waals surface area contributed by atoms with E-state index in [1.54, 1.807) is 44.2 Å². The maximum Gasteiger partial charge on any atom is 0.359 e. The van der Waals surface area contributed by atoms with Crippen LogP contribution in [0.25, 0.3) is 0 Å². The number of hydrogen-bond acceptors (Lipinski definition) is 5. The first-order chi connectivity index (χ1) is 13.4. The van der Waals surface area contributed by atoms with Crippen LogP contribution in [0.4, 0.5) is 5.69 Å². The third-order valence-electron chi connectivity index (χ3n) is 4.03. The molecule has 0 aliphatic carbocycles. The Hall–Kier alpha value is -1.69. The highest BCUT2D eigenvalue weighted by molar-refractivity contribution is 7.54. The third kappa shape index (κ3) is 4.17. The zero-order valence-corrected chi connectivity index (χ0v) is 17.7. The van der Waals surface area contributed by atoms with E-state index in [9.17, 15) is 9.36 Å². The number of halogens is 2. The molecule has 28 heavy (non-hydrogen) atoms. The quantitative estimate of drug-likeness (QED) is 0.560. The molecule has 6 nitrogen and oxygen atoms in total. The smallest absolute Gasteiger partial charge is 0.319 e. The van der Waals surface area contributed by atoms with E-state index in [1.165, 1.54) is 6.07 Å². The first-order valence-corrected chi connectivity index (χ1v) is 11.1. The SMILES string of the molecule is CCOP(=O)(OCC)C(/N=C1/C(=O)Nc2c(Cl)cc(Cl)cc21)c1ccccc1. The van der Waals surface area contributed by atoms with Crippen molar-refractivity contribution < 1.29 is 18.4 Å². The summed E-state index contributed by atoms with van der Waals surface area (Å²) >= 11 is 12.3. The van der Waals surface area contributed by atoms with E-state index >= 15 is 0 Å². The molecule has 0 aromatic heterocycles. The average Bonchev–Trinajstić information content (AvgIpc) is 2.96. The summed E-state index contributed by atoms with van der Waals surface area (Å²) in [4.78, 5) is 17.1. The molecule has 0 fully saturated rings. The second kappa shape index (κ2) is 8.76. The predicted octanol–water partition coefficient (Wildman–Crippen LogP) is 5.70. The van der Waals surface area contributed by atoms with Crippen LogP contribution in [0.2, 0.25) is 10.0 Å². The number of rotatable bonds is 7. The first-order valence-electron chi connectivity index (χ1n) is 8.72. The van der Waals surface area contributed by atoms with Crippen molar-refractivity contribution in [3.8, 4) is 0 Å². The highest BCUT2D eigenvalue weighted by atomic mass is 35.5. The number of hydrogen-bond donors (Lipinski definition) is 1. The topological polar surface area (TPSA) is 77.0 Å². The van der Waals surface area contributed by atoms with Crippen LogP contribution in [0, 0.1) is 0 Å². The van der Waals surface area contributed by atoms with Crippen molar-refractivity contribution in [3.63, 3.8) is 0 Å². The van der Waals surface area contributed by atoms with Gasteiger partial charge in [-0.15, -0.1) is 0 Å². The summed E-state index contributed by atoms with van der Waals surface area (Å²) in [6.07, 6.45) is 0. The zero-order chi connectivity index (χ0) is 20.3. The molecule has 0 spiro atoms. The molecule has 1 amide bonds. The Morgan fingerprint density at radius 2 is 1.75 bits per heavy atom. The van der Waals surface area contributed by atoms with Gasteiger partial charge in [-0.2, -0.15) is 0 Å². The number of nitrogens with zero attached hydrogens (tertiary/aromatic N) is 1. The summed E-state index contributed by atoms with van der Waals surface area (Å²) in [5.41, 5.74) is 1.55. The maximum atomic E-state index is 13.5. The highest BCUT2D eigenvalue weighted by Crippen LogP contribution is 2.62. The Morgan fingerprint density at radius 3 is 2.36 bits per heavy atom. The van der Waals surface area contributed by atoms with Gasteiger partial charge in [-0.05, 0) is 31.5 Å². The summed E-state index contributed by atoms with van der Waals surface area (Å²) in [7, 11) is -3.70. The van der Waals surface area contributed by atoms with Gasteiger partial charge in [0.05, 0.1) is 23.9 Å². The average molecular weight is 441 g/mol. The Kier molecular flexibility index (Phi) is 6.58. The molecule has 1 atom stereocenters. The van der Waals surface area contributed by atoms with Crippen LogP contribution in [0.15, 0.2) is 47.5 Å². The van der Waals surface area contributed by atoms with Gasteiger partial charge in [0.1, 0.15) is 5.71 Å². The van der Waals surface area contributed by atoms with Crippen LogP contribution in [0.3, 0.4) is 0 Å². The van der Waals surface area contributed by atoms with Crippen LogP contribution in [0.5, 0.6) is 0 Å². The fraction of sp³-hybridized carbons (Fsp3) is 0.263. The number of carbonyl (C=O) groups excluding carboxylic acids is 1. The van der Waals surface area contributed by atoms with Gasteiger partial charge in [0.25, 0.3) is 5.91 Å². The number of amides is 1. The third-order valence-corrected chi connectivity index (χ3v) is 6.80. The van der Waals surface area contributed by atoms with Crippen LogP contribution >= 0.6 is 30.8 Å². The van der Waals surface area contributed by atoms with Gasteiger partial charge in [-0.3, -0.25) is 14.4 Å².